The predicted molar refractivity (Wildman–Crippen MR) is 87.4 cm³/mol. The Labute approximate surface area is 131 Å². The number of halogens is 2. The highest BCUT2D eigenvalue weighted by Crippen LogP contribution is 2.39. The fraction of sp³-hybridized carbons (Fsp3) is 0.250. The van der Waals surface area contributed by atoms with Gasteiger partial charge in [-0.05, 0) is 30.7 Å². The van der Waals surface area contributed by atoms with Gasteiger partial charge in [0.05, 0.1) is 5.25 Å². The molecule has 0 saturated carbocycles. The molecule has 2 aromatic carbocycles. The van der Waals surface area contributed by atoms with E-state index in [1.54, 1.807) is 17.8 Å². The van der Waals surface area contributed by atoms with Gasteiger partial charge in [-0.3, -0.25) is 0 Å². The van der Waals surface area contributed by atoms with Crippen LogP contribution in [0.5, 0.6) is 0 Å². The normalized spacial score (nSPS) is 14.0. The van der Waals surface area contributed by atoms with Gasteiger partial charge in [0.25, 0.3) is 0 Å². The van der Waals surface area contributed by atoms with E-state index in [9.17, 15) is 4.39 Å². The Morgan fingerprint density at radius 1 is 1.20 bits per heavy atom. The average Bonchev–Trinajstić information content (AvgIpc) is 2.45. The molecule has 1 nitrogen and oxygen atoms in total. The maximum absolute atomic E-state index is 14.0. The average molecular weight is 354 g/mol. The van der Waals surface area contributed by atoms with E-state index >= 15 is 0 Å². The lowest BCUT2D eigenvalue weighted by Crippen LogP contribution is -2.26. The molecule has 0 fully saturated rings. The monoisotopic (exact) mass is 353 g/mol. The largest absolute Gasteiger partial charge is 0.326 e. The van der Waals surface area contributed by atoms with E-state index in [4.69, 9.17) is 5.73 Å². The Kier molecular flexibility index (Phi) is 5.64. The molecule has 2 N–H and O–H groups in total. The van der Waals surface area contributed by atoms with Gasteiger partial charge < -0.3 is 5.73 Å². The first kappa shape index (κ1) is 15.5. The first-order valence-electron chi connectivity index (χ1n) is 6.54. The van der Waals surface area contributed by atoms with Gasteiger partial charge in [-0.1, -0.05) is 47.1 Å². The second-order valence-corrected chi connectivity index (χ2v) is 6.72. The van der Waals surface area contributed by atoms with Crippen molar-refractivity contribution in [3.8, 4) is 0 Å². The zero-order valence-electron chi connectivity index (χ0n) is 11.2. The minimum atomic E-state index is -0.191. The van der Waals surface area contributed by atoms with Crippen LogP contribution in [0.1, 0.15) is 24.2 Å². The fourth-order valence-corrected chi connectivity index (χ4v) is 3.87. The summed E-state index contributed by atoms with van der Waals surface area (Å²) in [6.07, 6.45) is 0.806. The van der Waals surface area contributed by atoms with Crippen LogP contribution in [-0.2, 0) is 0 Å². The number of hydrogen-bond donors (Lipinski definition) is 1. The number of rotatable bonds is 5. The first-order chi connectivity index (χ1) is 9.61. The van der Waals surface area contributed by atoms with Gasteiger partial charge in [-0.2, -0.15) is 0 Å². The Bertz CT molecular complexity index is 576. The van der Waals surface area contributed by atoms with Gasteiger partial charge >= 0.3 is 0 Å². The van der Waals surface area contributed by atoms with Crippen LogP contribution in [0.25, 0.3) is 0 Å². The van der Waals surface area contributed by atoms with Crippen molar-refractivity contribution in [3.63, 3.8) is 0 Å². The first-order valence-corrected chi connectivity index (χ1v) is 8.21. The summed E-state index contributed by atoms with van der Waals surface area (Å²) >= 11 is 5.07. The van der Waals surface area contributed by atoms with Crippen LogP contribution in [0.2, 0.25) is 0 Å². The molecule has 2 unspecified atom stereocenters. The maximum Gasteiger partial charge on any atom is 0.127 e. The van der Waals surface area contributed by atoms with E-state index < -0.39 is 0 Å². The Balaban J connectivity index is 2.32. The Morgan fingerprint density at radius 2 is 1.95 bits per heavy atom. The second kappa shape index (κ2) is 7.25. The third-order valence-electron chi connectivity index (χ3n) is 3.13. The van der Waals surface area contributed by atoms with E-state index in [0.717, 1.165) is 15.8 Å². The lowest BCUT2D eigenvalue weighted by atomic mass is 10.0. The van der Waals surface area contributed by atoms with Gasteiger partial charge in [-0.15, -0.1) is 11.8 Å². The third kappa shape index (κ3) is 3.84. The zero-order valence-corrected chi connectivity index (χ0v) is 13.6. The van der Waals surface area contributed by atoms with Crippen LogP contribution in [0.15, 0.2) is 57.9 Å². The van der Waals surface area contributed by atoms with Crippen LogP contribution >= 0.6 is 27.7 Å². The molecule has 0 saturated heterocycles. The highest BCUT2D eigenvalue weighted by atomic mass is 79.9. The van der Waals surface area contributed by atoms with Crippen LogP contribution < -0.4 is 5.73 Å². The summed E-state index contributed by atoms with van der Waals surface area (Å²) in [6.45, 7) is 2.03. The molecule has 0 heterocycles. The number of benzene rings is 2. The summed E-state index contributed by atoms with van der Waals surface area (Å²) in [7, 11) is 0. The predicted octanol–water partition coefficient (Wildman–Crippen LogP) is 5.16. The molecule has 0 aliphatic rings. The van der Waals surface area contributed by atoms with E-state index in [2.05, 4.69) is 15.9 Å². The van der Waals surface area contributed by atoms with Crippen molar-refractivity contribution < 1.29 is 4.39 Å². The van der Waals surface area contributed by atoms with E-state index in [0.29, 0.717) is 5.56 Å². The lowest BCUT2D eigenvalue weighted by molar-refractivity contribution is 0.572. The molecule has 20 heavy (non-hydrogen) atoms. The molecule has 0 radical (unpaired) electrons. The van der Waals surface area contributed by atoms with Crippen molar-refractivity contribution in [2.75, 3.05) is 0 Å². The van der Waals surface area contributed by atoms with Gasteiger partial charge in [-0.25, -0.2) is 4.39 Å². The third-order valence-corrected chi connectivity index (χ3v) is 5.01. The van der Waals surface area contributed by atoms with E-state index in [-0.39, 0.29) is 17.1 Å². The summed E-state index contributed by atoms with van der Waals surface area (Å²) < 4.78 is 15.1. The van der Waals surface area contributed by atoms with Gasteiger partial charge in [0, 0.05) is 21.0 Å². The number of hydrogen-bond acceptors (Lipinski definition) is 2. The second-order valence-electron chi connectivity index (χ2n) is 4.59. The molecule has 2 atom stereocenters. The Morgan fingerprint density at radius 3 is 2.60 bits per heavy atom. The summed E-state index contributed by atoms with van der Waals surface area (Å²) in [5.41, 5.74) is 6.88. The quantitative estimate of drug-likeness (QED) is 0.751. The van der Waals surface area contributed by atoms with E-state index in [1.165, 1.54) is 6.07 Å². The van der Waals surface area contributed by atoms with Gasteiger partial charge in [0.15, 0.2) is 0 Å². The SMILES string of the molecule is CCC(N)C(Sc1cccc(Br)c1)c1ccccc1F. The van der Waals surface area contributed by atoms with Gasteiger partial charge in [0.1, 0.15) is 5.82 Å². The topological polar surface area (TPSA) is 26.0 Å². The van der Waals surface area contributed by atoms with Crippen LogP contribution in [-0.4, -0.2) is 6.04 Å². The number of nitrogens with two attached hydrogens (primary N) is 1. The molecule has 2 rings (SSSR count). The molecule has 0 amide bonds. The Hall–Kier alpha value is -0.840. The highest BCUT2D eigenvalue weighted by molar-refractivity contribution is 9.10. The highest BCUT2D eigenvalue weighted by Gasteiger charge is 2.22. The smallest absolute Gasteiger partial charge is 0.127 e. The minimum Gasteiger partial charge on any atom is -0.326 e. The molecule has 2 aromatic rings. The molecule has 0 bridgehead atoms. The minimum absolute atomic E-state index is 0.0871. The van der Waals surface area contributed by atoms with Crippen molar-refractivity contribution in [2.45, 2.75) is 29.5 Å². The molecule has 0 spiro atoms. The molecule has 106 valence electrons. The fourth-order valence-electron chi connectivity index (χ4n) is 1.99. The zero-order chi connectivity index (χ0) is 14.5. The number of thioether (sulfide) groups is 1. The van der Waals surface area contributed by atoms with Crippen LogP contribution in [0.3, 0.4) is 0 Å². The summed E-state index contributed by atoms with van der Waals surface area (Å²) in [6, 6.07) is 14.8. The van der Waals surface area contributed by atoms with Crippen molar-refractivity contribution >= 4 is 27.7 Å². The molecule has 0 aliphatic heterocycles. The maximum atomic E-state index is 14.0. The summed E-state index contributed by atoms with van der Waals surface area (Å²) in [5.74, 6) is -0.191. The van der Waals surface area contributed by atoms with Crippen molar-refractivity contribution in [3.05, 3.63) is 64.4 Å². The molecule has 4 heteroatoms. The van der Waals surface area contributed by atoms with E-state index in [1.807, 2.05) is 43.3 Å². The molecular weight excluding hydrogens is 337 g/mol. The van der Waals surface area contributed by atoms with Gasteiger partial charge in [0.2, 0.25) is 0 Å². The van der Waals surface area contributed by atoms with Crippen LogP contribution in [0, 0.1) is 5.82 Å². The standard InChI is InChI=1S/C16H17BrFNS/c1-2-15(19)16(13-8-3-4-9-14(13)18)20-12-7-5-6-11(17)10-12/h3-10,15-16H,2,19H2,1H3. The van der Waals surface area contributed by atoms with Crippen molar-refractivity contribution in [2.24, 2.45) is 5.73 Å². The molecular formula is C16H17BrFNS. The van der Waals surface area contributed by atoms with Crippen LogP contribution in [0.4, 0.5) is 4.39 Å². The van der Waals surface area contributed by atoms with Crippen molar-refractivity contribution in [1.82, 2.24) is 0 Å². The lowest BCUT2D eigenvalue weighted by Gasteiger charge is -2.23. The molecule has 0 aromatic heterocycles. The molecule has 0 aliphatic carbocycles. The summed E-state index contributed by atoms with van der Waals surface area (Å²) in [4.78, 5) is 1.08. The van der Waals surface area contributed by atoms with Crippen molar-refractivity contribution in [1.29, 1.82) is 0 Å². The summed E-state index contributed by atoms with van der Waals surface area (Å²) in [5, 5.41) is -0.0875.